The first kappa shape index (κ1) is 69.3. The van der Waals surface area contributed by atoms with Gasteiger partial charge < -0.3 is 51.2 Å². The summed E-state index contributed by atoms with van der Waals surface area (Å²) in [7, 11) is 0. The fourth-order valence-corrected chi connectivity index (χ4v) is 7.33. The van der Waals surface area contributed by atoms with Crippen LogP contribution in [0, 0.1) is 5.92 Å². The average molecular weight is 1110 g/mol. The van der Waals surface area contributed by atoms with Crippen LogP contribution in [0.3, 0.4) is 0 Å². The van der Waals surface area contributed by atoms with E-state index < -0.39 is 65.6 Å². The Morgan fingerprint density at radius 1 is 0.463 bits per heavy atom. The van der Waals surface area contributed by atoms with Gasteiger partial charge in [-0.25, -0.2) is 9.59 Å². The van der Waals surface area contributed by atoms with Crippen molar-refractivity contribution >= 4 is 65.5 Å². The Bertz CT molecular complexity index is 2550. The van der Waals surface area contributed by atoms with Gasteiger partial charge in [0.05, 0.1) is 12.8 Å². The zero-order valence-electron chi connectivity index (χ0n) is 43.9. The molecule has 4 aromatic carbocycles. The molecule has 0 aliphatic heterocycles. The number of rotatable bonds is 33. The fraction of sp³-hybridized carbons (Fsp3) is 0.400. The van der Waals surface area contributed by atoms with Gasteiger partial charge in [0, 0.05) is 38.8 Å². The lowest BCUT2D eigenvalue weighted by Gasteiger charge is -2.19. The molecule has 0 saturated carbocycles. The molecule has 434 valence electrons. The van der Waals surface area contributed by atoms with Crippen LogP contribution >= 0.6 is 0 Å². The minimum Gasteiger partial charge on any atom is -0.481 e. The zero-order valence-corrected chi connectivity index (χ0v) is 43.9. The Morgan fingerprint density at radius 3 is 1.18 bits per heavy atom. The van der Waals surface area contributed by atoms with E-state index in [2.05, 4.69) is 28.2 Å². The van der Waals surface area contributed by atoms with E-state index in [1.807, 2.05) is 43.3 Å². The second-order valence-electron chi connectivity index (χ2n) is 18.1. The summed E-state index contributed by atoms with van der Waals surface area (Å²) in [6.07, 6.45) is 5.77. The van der Waals surface area contributed by atoms with Crippen LogP contribution in [0.25, 0.3) is 6.08 Å². The molecule has 20 heteroatoms. The summed E-state index contributed by atoms with van der Waals surface area (Å²) in [6.45, 7) is 4.95. The molecular weight excluding hydrogens is 1030 g/mol. The molecule has 0 saturated heterocycles. The van der Waals surface area contributed by atoms with Gasteiger partial charge in [0.15, 0.2) is 5.92 Å². The van der Waals surface area contributed by atoms with Gasteiger partial charge in [-0.2, -0.15) is 0 Å². The minimum atomic E-state index is -1.56. The molecule has 20 nitrogen and oxygen atoms in total. The van der Waals surface area contributed by atoms with Crippen molar-refractivity contribution in [2.45, 2.75) is 137 Å². The van der Waals surface area contributed by atoms with E-state index in [-0.39, 0.29) is 90.4 Å². The van der Waals surface area contributed by atoms with E-state index in [1.54, 1.807) is 72.8 Å². The highest BCUT2D eigenvalue weighted by Gasteiger charge is 2.27. The molecule has 0 fully saturated rings. The number of nitrogens with one attached hydrogen (secondary N) is 4. The first-order valence-corrected chi connectivity index (χ1v) is 25.7. The minimum absolute atomic E-state index is 0. The van der Waals surface area contributed by atoms with Crippen LogP contribution in [-0.4, -0.2) is 105 Å². The van der Waals surface area contributed by atoms with Crippen LogP contribution in [0.2, 0.25) is 0 Å². The van der Waals surface area contributed by atoms with Gasteiger partial charge >= 0.3 is 35.8 Å². The molecule has 8 N–H and O–H groups in total. The third kappa shape index (κ3) is 28.1. The Balaban J connectivity index is 0.000000831. The van der Waals surface area contributed by atoms with Crippen molar-refractivity contribution in [3.8, 4) is 0 Å². The van der Waals surface area contributed by atoms with Crippen LogP contribution in [-0.2, 0) is 89.9 Å². The average Bonchev–Trinajstić information content (AvgIpc) is 3.42. The van der Waals surface area contributed by atoms with Crippen LogP contribution in [0.15, 0.2) is 115 Å². The maximum Gasteiger partial charge on any atom is 0.345 e. The van der Waals surface area contributed by atoms with Crippen molar-refractivity contribution in [1.82, 2.24) is 21.3 Å². The quantitative estimate of drug-likeness (QED) is 0.00766. The summed E-state index contributed by atoms with van der Waals surface area (Å²) in [6, 6.07) is 29.6. The van der Waals surface area contributed by atoms with Crippen molar-refractivity contribution in [2.24, 2.45) is 5.92 Å². The molecule has 4 rings (SSSR count). The van der Waals surface area contributed by atoms with Crippen LogP contribution in [0.4, 0.5) is 0 Å². The summed E-state index contributed by atoms with van der Waals surface area (Å²) in [5.74, 6) is -10.1. The van der Waals surface area contributed by atoms with Crippen molar-refractivity contribution in [1.29, 1.82) is 0 Å². The molecule has 2 atom stereocenters. The van der Waals surface area contributed by atoms with E-state index in [1.165, 1.54) is 6.08 Å². The molecule has 0 spiro atoms. The molecule has 0 radical (unpaired) electrons. The van der Waals surface area contributed by atoms with Gasteiger partial charge in [0.1, 0.15) is 30.9 Å². The van der Waals surface area contributed by atoms with Crippen molar-refractivity contribution in [2.75, 3.05) is 13.1 Å². The smallest absolute Gasteiger partial charge is 0.345 e. The van der Waals surface area contributed by atoms with E-state index >= 15 is 0 Å². The van der Waals surface area contributed by atoms with Gasteiger partial charge in [0.25, 0.3) is 0 Å². The second-order valence-corrected chi connectivity index (χ2v) is 18.1. The first-order chi connectivity index (χ1) is 37.4. The molecule has 4 amide bonds. The Morgan fingerprint density at radius 2 is 0.825 bits per heavy atom. The lowest BCUT2D eigenvalue weighted by Crippen LogP contribution is -2.48. The van der Waals surface area contributed by atoms with E-state index in [9.17, 15) is 47.9 Å². The lowest BCUT2D eigenvalue weighted by molar-refractivity contribution is -0.155. The number of benzene rings is 4. The van der Waals surface area contributed by atoms with Gasteiger partial charge in [0.2, 0.25) is 23.6 Å². The van der Waals surface area contributed by atoms with Crippen molar-refractivity contribution < 1.29 is 77.8 Å². The number of carbonyl (C=O) groups is 10. The van der Waals surface area contributed by atoms with E-state index in [0.717, 1.165) is 49.7 Å². The summed E-state index contributed by atoms with van der Waals surface area (Å²) >= 11 is 0. The first-order valence-electron chi connectivity index (χ1n) is 25.7. The molecule has 4 aromatic rings. The number of hydrogen-bond acceptors (Lipinski definition) is 12. The molecule has 0 bridgehead atoms. The predicted molar refractivity (Wildman–Crippen MR) is 299 cm³/mol. The Kier molecular flexibility index (Phi) is 33.6. The monoisotopic (exact) mass is 1110 g/mol. The highest BCUT2D eigenvalue weighted by molar-refractivity contribution is 6.17. The number of aliphatic carboxylic acids is 4. The van der Waals surface area contributed by atoms with Gasteiger partial charge in [-0.3, -0.25) is 38.4 Å². The summed E-state index contributed by atoms with van der Waals surface area (Å²) in [5.41, 5.74) is 3.63. The standard InChI is InChI=1S/C36H40N2O8.C22H30N2O8.2CH4/c1-2-3-10-21-37-34(42)31(38-32(39)19-20-33(40)41)23-27-17-15-26(16-18-27)22-30(35(43)45-24-28-11-6-4-7-12-28)36(44)46-25-29-13-8-5-9-14-29;1-2-3-4-11-23-20(28)17(24-18(25)9-10-19(26)27)13-15-7-5-14(6-8-15)12-16(21(29)30)22(31)32;;/h4-9,11-18,22,31H,2-3,10,19-21,23-25H2,1H3,(H,37,42)(H,38,39)(H,40,41);5-8,16-17H,2-4,9-13H2,1H3,(H,23,28)(H,24,25)(H,26,27)(H,29,30)(H,31,32);2*1H4/t31-;17-;;/m00../s1. The number of esters is 2. The number of hydrogen-bond donors (Lipinski definition) is 8. The molecule has 0 aliphatic carbocycles. The Hall–Kier alpha value is -8.68. The van der Waals surface area contributed by atoms with Crippen LogP contribution < -0.4 is 21.3 Å². The highest BCUT2D eigenvalue weighted by Crippen LogP contribution is 2.17. The third-order valence-corrected chi connectivity index (χ3v) is 11.7. The second kappa shape index (κ2) is 38.8. The van der Waals surface area contributed by atoms with Crippen LogP contribution in [0.5, 0.6) is 0 Å². The number of ether oxygens (including phenoxy) is 2. The number of carbonyl (C=O) groups excluding carboxylic acids is 6. The van der Waals surface area contributed by atoms with Crippen molar-refractivity contribution in [3.05, 3.63) is 148 Å². The normalized spacial score (nSPS) is 11.0. The number of unbranched alkanes of at least 4 members (excludes halogenated alkanes) is 4. The third-order valence-electron chi connectivity index (χ3n) is 11.7. The molecule has 0 aromatic heterocycles. The summed E-state index contributed by atoms with van der Waals surface area (Å²) < 4.78 is 10.9. The number of carboxylic acid groups (broad SMARTS) is 4. The van der Waals surface area contributed by atoms with Gasteiger partial charge in [-0.1, -0.05) is 164 Å². The molecule has 0 aliphatic rings. The summed E-state index contributed by atoms with van der Waals surface area (Å²) in [4.78, 5) is 120. The zero-order chi connectivity index (χ0) is 57.2. The van der Waals surface area contributed by atoms with Crippen molar-refractivity contribution in [3.63, 3.8) is 0 Å². The SMILES string of the molecule is C.C.CCCCCNC(=O)[C@H](Cc1ccc(C=C(C(=O)OCc2ccccc2)C(=O)OCc2ccccc2)cc1)NC(=O)CCC(=O)O.CCCCCNC(=O)[C@H](Cc1ccc(CC(C(=O)O)C(=O)O)cc1)NC(=O)CCC(=O)O. The maximum atomic E-state index is 13.1. The van der Waals surface area contributed by atoms with Gasteiger partial charge in [-0.05, 0) is 58.7 Å². The predicted octanol–water partition coefficient (Wildman–Crippen LogP) is 7.24. The molecular formula is C60H78N4O16. The van der Waals surface area contributed by atoms with E-state index in [4.69, 9.17) is 29.9 Å². The molecule has 0 heterocycles. The highest BCUT2D eigenvalue weighted by atomic mass is 16.6. The summed E-state index contributed by atoms with van der Waals surface area (Å²) in [5, 5.41) is 46.5. The topological polar surface area (TPSA) is 318 Å². The largest absolute Gasteiger partial charge is 0.481 e. The lowest BCUT2D eigenvalue weighted by atomic mass is 9.97. The molecule has 80 heavy (non-hydrogen) atoms. The molecule has 0 unspecified atom stereocenters. The number of amides is 4. The van der Waals surface area contributed by atoms with Crippen LogP contribution in [0.1, 0.15) is 126 Å². The Labute approximate surface area is 467 Å². The maximum absolute atomic E-state index is 13.1. The fourth-order valence-electron chi connectivity index (χ4n) is 7.33. The number of carboxylic acids is 4. The van der Waals surface area contributed by atoms with Gasteiger partial charge in [-0.15, -0.1) is 0 Å². The van der Waals surface area contributed by atoms with E-state index in [0.29, 0.717) is 35.3 Å².